The number of aromatic nitrogens is 2. The summed E-state index contributed by atoms with van der Waals surface area (Å²) in [7, 11) is 1.58. The Morgan fingerprint density at radius 2 is 2.30 bits per heavy atom. The lowest BCUT2D eigenvalue weighted by atomic mass is 9.97. The third-order valence-electron chi connectivity index (χ3n) is 4.53. The third-order valence-corrected chi connectivity index (χ3v) is 4.53. The fourth-order valence-corrected chi connectivity index (χ4v) is 3.26. The molecule has 23 heavy (non-hydrogen) atoms. The molecule has 1 saturated heterocycles. The lowest BCUT2D eigenvalue weighted by Crippen LogP contribution is -2.40. The van der Waals surface area contributed by atoms with Crippen LogP contribution in [0.15, 0.2) is 24.4 Å². The molecule has 124 valence electrons. The SMILES string of the molecule is COc1ccc2nccc(C(O)CN3CCCC(CN)C3)c2n1. The number of nitrogens with two attached hydrogens (primary N) is 1. The molecule has 2 aromatic rings. The Kier molecular flexibility index (Phi) is 5.05. The van der Waals surface area contributed by atoms with Gasteiger partial charge in [0.25, 0.3) is 0 Å². The molecule has 0 aliphatic carbocycles. The van der Waals surface area contributed by atoms with Crippen molar-refractivity contribution in [2.24, 2.45) is 11.7 Å². The Labute approximate surface area is 136 Å². The van der Waals surface area contributed by atoms with Crippen LogP contribution < -0.4 is 10.5 Å². The molecule has 3 rings (SSSR count). The molecular formula is C17H24N4O2. The first-order valence-electron chi connectivity index (χ1n) is 8.11. The van der Waals surface area contributed by atoms with Crippen LogP contribution in [0.5, 0.6) is 5.88 Å². The van der Waals surface area contributed by atoms with Crippen LogP contribution in [0.4, 0.5) is 0 Å². The second-order valence-electron chi connectivity index (χ2n) is 6.14. The Bertz CT molecular complexity index is 664. The van der Waals surface area contributed by atoms with Gasteiger partial charge in [0.05, 0.1) is 24.2 Å². The number of methoxy groups -OCH3 is 1. The highest BCUT2D eigenvalue weighted by Crippen LogP contribution is 2.25. The Morgan fingerprint density at radius 3 is 3.09 bits per heavy atom. The quantitative estimate of drug-likeness (QED) is 0.866. The molecule has 6 nitrogen and oxygen atoms in total. The summed E-state index contributed by atoms with van der Waals surface area (Å²) in [6, 6.07) is 5.48. The molecule has 0 radical (unpaired) electrons. The van der Waals surface area contributed by atoms with Crippen LogP contribution in [0.25, 0.3) is 11.0 Å². The number of piperidine rings is 1. The van der Waals surface area contributed by atoms with Gasteiger partial charge in [0.1, 0.15) is 0 Å². The summed E-state index contributed by atoms with van der Waals surface area (Å²) >= 11 is 0. The van der Waals surface area contributed by atoms with Gasteiger partial charge in [0.15, 0.2) is 0 Å². The third kappa shape index (κ3) is 3.60. The molecule has 0 aromatic carbocycles. The summed E-state index contributed by atoms with van der Waals surface area (Å²) in [4.78, 5) is 11.1. The number of hydrogen-bond acceptors (Lipinski definition) is 6. The van der Waals surface area contributed by atoms with Crippen molar-refractivity contribution >= 4 is 11.0 Å². The molecule has 0 spiro atoms. The zero-order chi connectivity index (χ0) is 16.2. The van der Waals surface area contributed by atoms with Gasteiger partial charge in [-0.3, -0.25) is 4.98 Å². The molecule has 2 aromatic heterocycles. The van der Waals surface area contributed by atoms with Crippen molar-refractivity contribution in [3.8, 4) is 5.88 Å². The van der Waals surface area contributed by atoms with E-state index >= 15 is 0 Å². The summed E-state index contributed by atoms with van der Waals surface area (Å²) in [6.07, 6.45) is 3.43. The summed E-state index contributed by atoms with van der Waals surface area (Å²) in [5.74, 6) is 1.06. The highest BCUT2D eigenvalue weighted by molar-refractivity contribution is 5.78. The number of nitrogens with zero attached hydrogens (tertiary/aromatic N) is 3. The van der Waals surface area contributed by atoms with Crippen molar-refractivity contribution in [2.45, 2.75) is 18.9 Å². The maximum Gasteiger partial charge on any atom is 0.213 e. The van der Waals surface area contributed by atoms with Crippen molar-refractivity contribution in [2.75, 3.05) is 33.3 Å². The van der Waals surface area contributed by atoms with Crippen LogP contribution in [0.2, 0.25) is 0 Å². The van der Waals surface area contributed by atoms with E-state index in [1.807, 2.05) is 12.1 Å². The van der Waals surface area contributed by atoms with Gasteiger partial charge in [-0.1, -0.05) is 0 Å². The number of hydrogen-bond donors (Lipinski definition) is 2. The molecule has 3 heterocycles. The van der Waals surface area contributed by atoms with E-state index in [1.165, 1.54) is 6.42 Å². The van der Waals surface area contributed by atoms with Crippen LogP contribution in [-0.2, 0) is 0 Å². The van der Waals surface area contributed by atoms with Crippen molar-refractivity contribution in [1.29, 1.82) is 0 Å². The van der Waals surface area contributed by atoms with Gasteiger partial charge in [0.2, 0.25) is 5.88 Å². The largest absolute Gasteiger partial charge is 0.481 e. The minimum atomic E-state index is -0.600. The monoisotopic (exact) mass is 316 g/mol. The normalized spacial score (nSPS) is 20.6. The number of likely N-dealkylation sites (tertiary alicyclic amines) is 1. The first kappa shape index (κ1) is 16.1. The standard InChI is InChI=1S/C17H24N4O2/c1-23-16-5-4-14-17(20-16)13(6-7-19-14)15(22)11-21-8-2-3-12(9-18)10-21/h4-7,12,15,22H,2-3,8-11,18H2,1H3. The second kappa shape index (κ2) is 7.21. The molecule has 1 aliphatic rings. The molecule has 2 atom stereocenters. The second-order valence-corrected chi connectivity index (χ2v) is 6.14. The van der Waals surface area contributed by atoms with E-state index in [0.29, 0.717) is 30.4 Å². The van der Waals surface area contributed by atoms with Crippen LogP contribution in [0, 0.1) is 5.92 Å². The predicted octanol–water partition coefficient (Wildman–Crippen LogP) is 1.34. The van der Waals surface area contributed by atoms with Gasteiger partial charge in [0, 0.05) is 30.9 Å². The van der Waals surface area contributed by atoms with E-state index in [2.05, 4.69) is 14.9 Å². The van der Waals surface area contributed by atoms with E-state index < -0.39 is 6.10 Å². The molecule has 2 unspecified atom stereocenters. The van der Waals surface area contributed by atoms with E-state index in [9.17, 15) is 5.11 Å². The summed E-state index contributed by atoms with van der Waals surface area (Å²) in [5.41, 5.74) is 8.05. The van der Waals surface area contributed by atoms with E-state index in [0.717, 1.165) is 30.6 Å². The lowest BCUT2D eigenvalue weighted by molar-refractivity contribution is 0.0865. The zero-order valence-electron chi connectivity index (χ0n) is 13.5. The highest BCUT2D eigenvalue weighted by Gasteiger charge is 2.22. The van der Waals surface area contributed by atoms with Crippen molar-refractivity contribution in [3.05, 3.63) is 30.0 Å². The van der Waals surface area contributed by atoms with Gasteiger partial charge >= 0.3 is 0 Å². The first-order chi connectivity index (χ1) is 11.2. The fourth-order valence-electron chi connectivity index (χ4n) is 3.26. The molecule has 0 bridgehead atoms. The number of fused-ring (bicyclic) bond motifs is 1. The highest BCUT2D eigenvalue weighted by atomic mass is 16.5. The van der Waals surface area contributed by atoms with Crippen LogP contribution in [-0.4, -0.2) is 53.3 Å². The smallest absolute Gasteiger partial charge is 0.213 e. The first-order valence-corrected chi connectivity index (χ1v) is 8.11. The predicted molar refractivity (Wildman–Crippen MR) is 89.3 cm³/mol. The van der Waals surface area contributed by atoms with Crippen molar-refractivity contribution in [1.82, 2.24) is 14.9 Å². The average molecular weight is 316 g/mol. The summed E-state index contributed by atoms with van der Waals surface area (Å²) in [5, 5.41) is 10.7. The van der Waals surface area contributed by atoms with Gasteiger partial charge in [-0.15, -0.1) is 0 Å². The lowest BCUT2D eigenvalue weighted by Gasteiger charge is -2.33. The Balaban J connectivity index is 1.81. The number of ether oxygens (including phenoxy) is 1. The van der Waals surface area contributed by atoms with Gasteiger partial charge in [-0.25, -0.2) is 4.98 Å². The molecule has 6 heteroatoms. The Morgan fingerprint density at radius 1 is 1.43 bits per heavy atom. The molecule has 1 fully saturated rings. The molecule has 0 saturated carbocycles. The van der Waals surface area contributed by atoms with Gasteiger partial charge < -0.3 is 20.5 Å². The minimum absolute atomic E-state index is 0.528. The maximum atomic E-state index is 10.7. The topological polar surface area (TPSA) is 84.5 Å². The van der Waals surface area contributed by atoms with Crippen molar-refractivity contribution in [3.63, 3.8) is 0 Å². The number of aliphatic hydroxyl groups excluding tert-OH is 1. The Hall–Kier alpha value is -1.76. The van der Waals surface area contributed by atoms with Crippen molar-refractivity contribution < 1.29 is 9.84 Å². The summed E-state index contributed by atoms with van der Waals surface area (Å²) in [6.45, 7) is 3.26. The molecule has 0 amide bonds. The fraction of sp³-hybridized carbons (Fsp3) is 0.529. The number of aliphatic hydroxyl groups is 1. The van der Waals surface area contributed by atoms with Gasteiger partial charge in [-0.05, 0) is 44.0 Å². The van der Waals surface area contributed by atoms with Gasteiger partial charge in [-0.2, -0.15) is 0 Å². The van der Waals surface area contributed by atoms with E-state index in [-0.39, 0.29) is 0 Å². The van der Waals surface area contributed by atoms with Crippen LogP contribution in [0.3, 0.4) is 0 Å². The average Bonchev–Trinajstić information content (AvgIpc) is 2.60. The van der Waals surface area contributed by atoms with E-state index in [4.69, 9.17) is 10.5 Å². The maximum absolute atomic E-state index is 10.7. The minimum Gasteiger partial charge on any atom is -0.481 e. The molecule has 3 N–H and O–H groups in total. The van der Waals surface area contributed by atoms with Crippen LogP contribution in [0.1, 0.15) is 24.5 Å². The molecule has 1 aliphatic heterocycles. The summed E-state index contributed by atoms with van der Waals surface area (Å²) < 4.78 is 5.19. The number of pyridine rings is 2. The zero-order valence-corrected chi connectivity index (χ0v) is 13.5. The van der Waals surface area contributed by atoms with Crippen LogP contribution >= 0.6 is 0 Å². The number of rotatable bonds is 5. The molecular weight excluding hydrogens is 292 g/mol. The van der Waals surface area contributed by atoms with E-state index in [1.54, 1.807) is 19.4 Å². The number of β-amino-alcohol motifs (C(OH)–C–C–N with tert-alkyl or cyclic N) is 1.